The van der Waals surface area contributed by atoms with Crippen LogP contribution in [-0.2, 0) is 10.0 Å². The number of rotatable bonds is 6. The van der Waals surface area contributed by atoms with E-state index in [0.29, 0.717) is 36.3 Å². The molecule has 1 aliphatic heterocycles. The highest BCUT2D eigenvalue weighted by atomic mass is 35.5. The second-order valence-electron chi connectivity index (χ2n) is 5.59. The molecule has 0 aliphatic carbocycles. The van der Waals surface area contributed by atoms with Crippen molar-refractivity contribution >= 4 is 27.5 Å². The highest BCUT2D eigenvalue weighted by Gasteiger charge is 2.31. The molecule has 7 heteroatoms. The first-order valence-electron chi connectivity index (χ1n) is 8.09. The Bertz CT molecular complexity index is 882. The minimum absolute atomic E-state index is 0.147. The maximum Gasteiger partial charge on any atom is 0.265 e. The van der Waals surface area contributed by atoms with E-state index in [-0.39, 0.29) is 4.90 Å². The monoisotopic (exact) mass is 378 g/mol. The lowest BCUT2D eigenvalue weighted by atomic mass is 10.2. The molecule has 0 unspecified atom stereocenters. The van der Waals surface area contributed by atoms with Crippen molar-refractivity contribution in [3.63, 3.8) is 0 Å². The second kappa shape index (κ2) is 7.45. The fraction of sp³-hybridized carbons (Fsp3) is 0.278. The molecule has 0 bridgehead atoms. The molecule has 0 atom stereocenters. The van der Waals surface area contributed by atoms with Crippen molar-refractivity contribution < 1.29 is 13.2 Å². The van der Waals surface area contributed by atoms with Crippen molar-refractivity contribution in [2.24, 2.45) is 4.99 Å². The van der Waals surface area contributed by atoms with Gasteiger partial charge in [0, 0.05) is 11.6 Å². The molecule has 0 fully saturated rings. The average Bonchev–Trinajstić information content (AvgIpc) is 3.12. The van der Waals surface area contributed by atoms with E-state index in [9.17, 15) is 8.42 Å². The number of aliphatic imine (C=N–C) groups is 1. The van der Waals surface area contributed by atoms with Crippen LogP contribution in [0.2, 0.25) is 5.02 Å². The Labute approximate surface area is 153 Å². The molecular formula is C18H19ClN2O3S. The number of benzene rings is 2. The molecule has 0 aromatic heterocycles. The summed E-state index contributed by atoms with van der Waals surface area (Å²) in [6.45, 7) is 3.21. The van der Waals surface area contributed by atoms with Gasteiger partial charge in [-0.3, -0.25) is 4.99 Å². The van der Waals surface area contributed by atoms with Crippen LogP contribution in [0.25, 0.3) is 0 Å². The summed E-state index contributed by atoms with van der Waals surface area (Å²) in [4.78, 5) is 4.52. The van der Waals surface area contributed by atoms with E-state index in [4.69, 9.17) is 16.3 Å². The van der Waals surface area contributed by atoms with Gasteiger partial charge >= 0.3 is 0 Å². The van der Waals surface area contributed by atoms with Gasteiger partial charge in [0.25, 0.3) is 10.0 Å². The molecule has 3 rings (SSSR count). The van der Waals surface area contributed by atoms with Gasteiger partial charge in [-0.05, 0) is 18.6 Å². The molecule has 1 heterocycles. The Morgan fingerprint density at radius 2 is 1.96 bits per heavy atom. The second-order valence-corrected chi connectivity index (χ2v) is 7.86. The van der Waals surface area contributed by atoms with E-state index < -0.39 is 10.0 Å². The van der Waals surface area contributed by atoms with Gasteiger partial charge in [-0.25, -0.2) is 12.7 Å². The third-order valence-electron chi connectivity index (χ3n) is 3.79. The lowest BCUT2D eigenvalue weighted by molar-refractivity contribution is 0.316. The molecule has 0 radical (unpaired) electrons. The van der Waals surface area contributed by atoms with Crippen LogP contribution in [0.4, 0.5) is 0 Å². The summed E-state index contributed by atoms with van der Waals surface area (Å²) in [5.41, 5.74) is 0.778. The Morgan fingerprint density at radius 3 is 2.68 bits per heavy atom. The van der Waals surface area contributed by atoms with Gasteiger partial charge in [0.15, 0.2) is 0 Å². The maximum atomic E-state index is 13.1. The molecule has 0 amide bonds. The summed E-state index contributed by atoms with van der Waals surface area (Å²) in [6.07, 6.45) is 0.810. The molecule has 2 aromatic rings. The van der Waals surface area contributed by atoms with Crippen molar-refractivity contribution in [1.82, 2.24) is 4.31 Å². The van der Waals surface area contributed by atoms with E-state index in [1.165, 1.54) is 16.4 Å². The van der Waals surface area contributed by atoms with Crippen LogP contribution in [0.5, 0.6) is 5.75 Å². The van der Waals surface area contributed by atoms with Gasteiger partial charge in [-0.15, -0.1) is 0 Å². The fourth-order valence-corrected chi connectivity index (χ4v) is 4.22. The molecule has 0 N–H and O–H groups in total. The van der Waals surface area contributed by atoms with Gasteiger partial charge in [-0.1, -0.05) is 48.9 Å². The zero-order valence-corrected chi connectivity index (χ0v) is 15.4. The number of halogens is 1. The first-order valence-corrected chi connectivity index (χ1v) is 9.91. The molecule has 132 valence electrons. The van der Waals surface area contributed by atoms with E-state index in [2.05, 4.69) is 4.99 Å². The summed E-state index contributed by atoms with van der Waals surface area (Å²) in [6, 6.07) is 13.8. The quantitative estimate of drug-likeness (QED) is 0.771. The van der Waals surface area contributed by atoms with Crippen LogP contribution in [0.15, 0.2) is 58.4 Å². The topological polar surface area (TPSA) is 59.0 Å². The summed E-state index contributed by atoms with van der Waals surface area (Å²) in [7, 11) is -3.74. The molecule has 25 heavy (non-hydrogen) atoms. The van der Waals surface area contributed by atoms with Crippen LogP contribution in [0, 0.1) is 0 Å². The molecule has 1 aliphatic rings. The number of hydrogen-bond donors (Lipinski definition) is 0. The normalized spacial score (nSPS) is 14.5. The number of amidine groups is 1. The molecule has 2 aromatic carbocycles. The number of nitrogens with zero attached hydrogens (tertiary/aromatic N) is 2. The third-order valence-corrected chi connectivity index (χ3v) is 5.88. The zero-order valence-electron chi connectivity index (χ0n) is 13.9. The van der Waals surface area contributed by atoms with E-state index >= 15 is 0 Å². The summed E-state index contributed by atoms with van der Waals surface area (Å²) < 4.78 is 33.1. The van der Waals surface area contributed by atoms with Gasteiger partial charge in [0.05, 0.1) is 29.6 Å². The number of sulfonamides is 1. The Hall–Kier alpha value is -2.05. The Balaban J connectivity index is 1.95. The van der Waals surface area contributed by atoms with Crippen molar-refractivity contribution in [1.29, 1.82) is 0 Å². The van der Waals surface area contributed by atoms with Crippen molar-refractivity contribution in [3.05, 3.63) is 59.1 Å². The van der Waals surface area contributed by atoms with Gasteiger partial charge in [0.1, 0.15) is 11.6 Å². The Morgan fingerprint density at radius 1 is 1.20 bits per heavy atom. The van der Waals surface area contributed by atoms with Crippen molar-refractivity contribution in [2.45, 2.75) is 18.2 Å². The van der Waals surface area contributed by atoms with E-state index in [0.717, 1.165) is 12.0 Å². The van der Waals surface area contributed by atoms with Gasteiger partial charge in [0.2, 0.25) is 0 Å². The zero-order chi connectivity index (χ0) is 17.9. The van der Waals surface area contributed by atoms with E-state index in [1.54, 1.807) is 6.07 Å². The highest BCUT2D eigenvalue weighted by molar-refractivity contribution is 7.89. The summed E-state index contributed by atoms with van der Waals surface area (Å²) >= 11 is 6.11. The minimum Gasteiger partial charge on any atom is -0.492 e. The predicted octanol–water partition coefficient (Wildman–Crippen LogP) is 3.58. The van der Waals surface area contributed by atoms with Crippen LogP contribution >= 0.6 is 11.6 Å². The predicted molar refractivity (Wildman–Crippen MR) is 99.0 cm³/mol. The standard InChI is InChI=1S/C18H19ClN2O3S/c1-2-12-24-17-13-15(8-9-16(17)19)25(22,23)21-11-10-20-18(21)14-6-4-3-5-7-14/h3-9,13H,2,10-12H2,1H3. The van der Waals surface area contributed by atoms with Crippen LogP contribution in [-0.4, -0.2) is 38.3 Å². The highest BCUT2D eigenvalue weighted by Crippen LogP contribution is 2.30. The number of ether oxygens (including phenoxy) is 1. The van der Waals surface area contributed by atoms with Crippen molar-refractivity contribution in [3.8, 4) is 5.75 Å². The lowest BCUT2D eigenvalue weighted by Crippen LogP contribution is -2.34. The van der Waals surface area contributed by atoms with Crippen LogP contribution in [0.3, 0.4) is 0 Å². The molecule has 0 saturated carbocycles. The summed E-state index contributed by atoms with van der Waals surface area (Å²) in [5, 5.41) is 0.394. The van der Waals surface area contributed by atoms with Gasteiger partial charge < -0.3 is 4.74 Å². The average molecular weight is 379 g/mol. The number of hydrogen-bond acceptors (Lipinski definition) is 4. The van der Waals surface area contributed by atoms with Crippen molar-refractivity contribution in [2.75, 3.05) is 19.7 Å². The first kappa shape index (κ1) is 17.8. The summed E-state index contributed by atoms with van der Waals surface area (Å²) in [5.74, 6) is 0.841. The lowest BCUT2D eigenvalue weighted by Gasteiger charge is -2.21. The third kappa shape index (κ3) is 3.65. The maximum absolute atomic E-state index is 13.1. The largest absolute Gasteiger partial charge is 0.492 e. The minimum atomic E-state index is -3.74. The Kier molecular flexibility index (Phi) is 5.30. The first-order chi connectivity index (χ1) is 12.0. The molecule has 0 spiro atoms. The SMILES string of the molecule is CCCOc1cc(S(=O)(=O)N2CCN=C2c2ccccc2)ccc1Cl. The van der Waals surface area contributed by atoms with Crippen LogP contribution in [0.1, 0.15) is 18.9 Å². The smallest absolute Gasteiger partial charge is 0.265 e. The van der Waals surface area contributed by atoms with Gasteiger partial charge in [-0.2, -0.15) is 0 Å². The fourth-order valence-electron chi connectivity index (χ4n) is 2.58. The molecule has 5 nitrogen and oxygen atoms in total. The van der Waals surface area contributed by atoms with E-state index in [1.807, 2.05) is 37.3 Å². The molecule has 0 saturated heterocycles. The molecular weight excluding hydrogens is 360 g/mol. The van der Waals surface area contributed by atoms with Crippen LogP contribution < -0.4 is 4.74 Å².